The first-order valence-electron chi connectivity index (χ1n) is 11.0. The van der Waals surface area contributed by atoms with Crippen molar-refractivity contribution in [1.82, 2.24) is 34.7 Å². The molecule has 0 saturated carbocycles. The number of aromatic nitrogens is 5. The maximum atomic E-state index is 13.2. The summed E-state index contributed by atoms with van der Waals surface area (Å²) in [5.41, 5.74) is 3.39. The molecule has 0 atom stereocenters. The van der Waals surface area contributed by atoms with Crippen molar-refractivity contribution < 1.29 is 9.32 Å². The zero-order valence-electron chi connectivity index (χ0n) is 18.7. The summed E-state index contributed by atoms with van der Waals surface area (Å²) in [4.78, 5) is 26.2. The largest absolute Gasteiger partial charge is 0.336 e. The molecule has 168 valence electrons. The molecule has 1 saturated heterocycles. The maximum absolute atomic E-state index is 13.2. The minimum Gasteiger partial charge on any atom is -0.336 e. The van der Waals surface area contributed by atoms with Gasteiger partial charge in [-0.1, -0.05) is 35.5 Å². The van der Waals surface area contributed by atoms with Crippen molar-refractivity contribution in [1.29, 1.82) is 0 Å². The van der Waals surface area contributed by atoms with Crippen molar-refractivity contribution in [3.8, 4) is 17.3 Å². The van der Waals surface area contributed by atoms with Crippen LogP contribution in [0.15, 0.2) is 59.4 Å². The average Bonchev–Trinajstić information content (AvgIpc) is 3.45. The Morgan fingerprint density at radius 3 is 2.45 bits per heavy atom. The summed E-state index contributed by atoms with van der Waals surface area (Å²) in [6, 6.07) is 14.1. The smallest absolute Gasteiger partial charge is 0.259 e. The molecule has 4 aromatic rings. The topological polar surface area (TPSA) is 93.2 Å². The zero-order valence-corrected chi connectivity index (χ0v) is 18.7. The van der Waals surface area contributed by atoms with E-state index in [0.717, 1.165) is 30.9 Å². The van der Waals surface area contributed by atoms with Crippen LogP contribution in [0.25, 0.3) is 17.3 Å². The van der Waals surface area contributed by atoms with Gasteiger partial charge in [0.15, 0.2) is 11.6 Å². The van der Waals surface area contributed by atoms with Crippen LogP contribution in [0.3, 0.4) is 0 Å². The molecule has 9 heteroatoms. The van der Waals surface area contributed by atoms with Crippen LogP contribution >= 0.6 is 0 Å². The molecule has 0 unspecified atom stereocenters. The first-order valence-corrected chi connectivity index (χ1v) is 11.0. The molecule has 1 aliphatic rings. The molecule has 9 nitrogen and oxygen atoms in total. The van der Waals surface area contributed by atoms with Crippen LogP contribution in [-0.4, -0.2) is 66.8 Å². The number of rotatable bonds is 5. The zero-order chi connectivity index (χ0) is 22.8. The van der Waals surface area contributed by atoms with Crippen LogP contribution in [0.4, 0.5) is 0 Å². The van der Waals surface area contributed by atoms with Gasteiger partial charge in [-0.15, -0.1) is 0 Å². The van der Waals surface area contributed by atoms with Gasteiger partial charge in [0.05, 0.1) is 23.0 Å². The Bertz CT molecular complexity index is 1240. The quantitative estimate of drug-likeness (QED) is 0.468. The highest BCUT2D eigenvalue weighted by Crippen LogP contribution is 2.20. The minimum absolute atomic E-state index is 0.0102. The van der Waals surface area contributed by atoms with E-state index in [4.69, 9.17) is 4.52 Å². The molecule has 1 aliphatic heterocycles. The Hall–Kier alpha value is -3.85. The van der Waals surface area contributed by atoms with E-state index in [9.17, 15) is 4.79 Å². The highest BCUT2D eigenvalue weighted by atomic mass is 16.5. The van der Waals surface area contributed by atoms with E-state index in [1.165, 1.54) is 5.56 Å². The molecule has 3 aromatic heterocycles. The van der Waals surface area contributed by atoms with Crippen LogP contribution < -0.4 is 0 Å². The lowest BCUT2D eigenvalue weighted by atomic mass is 10.1. The van der Waals surface area contributed by atoms with E-state index in [-0.39, 0.29) is 5.91 Å². The Morgan fingerprint density at radius 1 is 1.00 bits per heavy atom. The first-order chi connectivity index (χ1) is 16.1. The third-order valence-electron chi connectivity index (χ3n) is 5.89. The SMILES string of the molecule is Cc1noc(-c2ccc(-n3ncc(C(=O)N4CCN(Cc5ccccc5)CC4)c3C)nc2)n1. The van der Waals surface area contributed by atoms with E-state index in [2.05, 4.69) is 49.4 Å². The summed E-state index contributed by atoms with van der Waals surface area (Å²) in [5.74, 6) is 1.63. The van der Waals surface area contributed by atoms with Crippen molar-refractivity contribution >= 4 is 5.91 Å². The summed E-state index contributed by atoms with van der Waals surface area (Å²) in [6.07, 6.45) is 3.29. The second kappa shape index (κ2) is 8.95. The number of hydrogen-bond donors (Lipinski definition) is 0. The third kappa shape index (κ3) is 4.40. The standard InChI is InChI=1S/C24H25N7O2/c1-17-21(24(32)30-12-10-29(11-13-30)16-19-6-4-3-5-7-19)15-26-31(17)22-9-8-20(14-25-22)23-27-18(2)28-33-23/h3-9,14-15H,10-13,16H2,1-2H3. The number of benzene rings is 1. The van der Waals surface area contributed by atoms with E-state index in [1.54, 1.807) is 24.0 Å². The summed E-state index contributed by atoms with van der Waals surface area (Å²) in [6.45, 7) is 7.68. The molecule has 0 radical (unpaired) electrons. The molecule has 1 aromatic carbocycles. The van der Waals surface area contributed by atoms with Gasteiger partial charge in [0.1, 0.15) is 0 Å². The molecular formula is C24H25N7O2. The number of hydrogen-bond acceptors (Lipinski definition) is 7. The Morgan fingerprint density at radius 2 is 1.79 bits per heavy atom. The highest BCUT2D eigenvalue weighted by molar-refractivity contribution is 5.95. The van der Waals surface area contributed by atoms with Crippen molar-refractivity contribution in [3.05, 3.63) is 77.5 Å². The summed E-state index contributed by atoms with van der Waals surface area (Å²) >= 11 is 0. The number of carbonyl (C=O) groups is 1. The van der Waals surface area contributed by atoms with Gasteiger partial charge in [0, 0.05) is 38.9 Å². The molecule has 5 rings (SSSR count). The van der Waals surface area contributed by atoms with Gasteiger partial charge in [-0.05, 0) is 31.5 Å². The number of piperazine rings is 1. The van der Waals surface area contributed by atoms with E-state index < -0.39 is 0 Å². The lowest BCUT2D eigenvalue weighted by molar-refractivity contribution is 0.0627. The number of aryl methyl sites for hydroxylation is 1. The van der Waals surface area contributed by atoms with Crippen LogP contribution in [0, 0.1) is 13.8 Å². The molecule has 33 heavy (non-hydrogen) atoms. The maximum Gasteiger partial charge on any atom is 0.259 e. The Labute approximate surface area is 191 Å². The predicted molar refractivity (Wildman–Crippen MR) is 122 cm³/mol. The van der Waals surface area contributed by atoms with Crippen molar-refractivity contribution in [2.45, 2.75) is 20.4 Å². The van der Waals surface area contributed by atoms with Gasteiger partial charge >= 0.3 is 0 Å². The molecule has 4 heterocycles. The van der Waals surface area contributed by atoms with Gasteiger partial charge in [-0.2, -0.15) is 10.1 Å². The van der Waals surface area contributed by atoms with E-state index in [0.29, 0.717) is 36.2 Å². The second-order valence-corrected chi connectivity index (χ2v) is 8.16. The van der Waals surface area contributed by atoms with Crippen LogP contribution in [-0.2, 0) is 6.54 Å². The normalized spacial score (nSPS) is 14.5. The molecule has 0 aliphatic carbocycles. The van der Waals surface area contributed by atoms with Gasteiger partial charge in [-0.25, -0.2) is 9.67 Å². The molecular weight excluding hydrogens is 418 g/mol. The predicted octanol–water partition coefficient (Wildman–Crippen LogP) is 2.89. The van der Waals surface area contributed by atoms with Crippen LogP contribution in [0.2, 0.25) is 0 Å². The van der Waals surface area contributed by atoms with Crippen molar-refractivity contribution in [2.24, 2.45) is 0 Å². The number of carbonyl (C=O) groups excluding carboxylic acids is 1. The molecule has 0 bridgehead atoms. The van der Waals surface area contributed by atoms with E-state index >= 15 is 0 Å². The average molecular weight is 444 g/mol. The third-order valence-corrected chi connectivity index (χ3v) is 5.89. The number of nitrogens with zero attached hydrogens (tertiary/aromatic N) is 7. The summed E-state index contributed by atoms with van der Waals surface area (Å²) in [7, 11) is 0. The fraction of sp³-hybridized carbons (Fsp3) is 0.292. The van der Waals surface area contributed by atoms with Gasteiger partial charge in [0.2, 0.25) is 0 Å². The minimum atomic E-state index is 0.0102. The van der Waals surface area contributed by atoms with Crippen LogP contribution in [0.5, 0.6) is 0 Å². The first kappa shape index (κ1) is 21.0. The molecule has 1 fully saturated rings. The monoisotopic (exact) mass is 443 g/mol. The second-order valence-electron chi connectivity index (χ2n) is 8.16. The summed E-state index contributed by atoms with van der Waals surface area (Å²) < 4.78 is 6.87. The van der Waals surface area contributed by atoms with Gasteiger partial charge in [0.25, 0.3) is 11.8 Å². The van der Waals surface area contributed by atoms with Crippen LogP contribution in [0.1, 0.15) is 27.4 Å². The lowest BCUT2D eigenvalue weighted by Crippen LogP contribution is -2.48. The van der Waals surface area contributed by atoms with E-state index in [1.807, 2.05) is 30.0 Å². The Kier molecular flexibility index (Phi) is 5.70. The lowest BCUT2D eigenvalue weighted by Gasteiger charge is -2.34. The van der Waals surface area contributed by atoms with Gasteiger partial charge in [-0.3, -0.25) is 9.69 Å². The molecule has 1 amide bonds. The van der Waals surface area contributed by atoms with Crippen molar-refractivity contribution in [3.63, 3.8) is 0 Å². The molecule has 0 spiro atoms. The fourth-order valence-corrected chi connectivity index (χ4v) is 4.02. The summed E-state index contributed by atoms with van der Waals surface area (Å²) in [5, 5.41) is 8.23. The number of amides is 1. The Balaban J connectivity index is 1.25. The highest BCUT2D eigenvalue weighted by Gasteiger charge is 2.25. The molecule has 0 N–H and O–H groups in total. The van der Waals surface area contributed by atoms with Gasteiger partial charge < -0.3 is 9.42 Å². The van der Waals surface area contributed by atoms with Crippen molar-refractivity contribution in [2.75, 3.05) is 26.2 Å². The number of pyridine rings is 1. The fourth-order valence-electron chi connectivity index (χ4n) is 4.02.